The van der Waals surface area contributed by atoms with E-state index in [0.29, 0.717) is 57.2 Å². The number of hydrogen-bond donors (Lipinski definition) is 2. The van der Waals surface area contributed by atoms with Crippen LogP contribution >= 0.6 is 0 Å². The SMILES string of the molecule is C=CCCC(=O)N[C@@H](COC)[C@@H](OC(=O)[C@@H]1[C@@H]2CC[C@]3(O2)[C@H](C(=O)N(CC=C)C(C)(C)CC(C)(C)C)N(CCCCCCO)C(=O)[C@@H]13)c1ccccc1. The molecule has 0 saturated carbocycles. The molecular formula is C42H63N3O8. The minimum atomic E-state index is -1.20. The summed E-state index contributed by atoms with van der Waals surface area (Å²) in [5.74, 6) is -3.15. The van der Waals surface area contributed by atoms with Gasteiger partial charge in [-0.1, -0.05) is 76.1 Å². The molecule has 0 unspecified atom stereocenters. The van der Waals surface area contributed by atoms with Crippen LogP contribution in [0.3, 0.4) is 0 Å². The Balaban J connectivity index is 1.71. The normalized spacial score (nSPS) is 24.7. The van der Waals surface area contributed by atoms with Crippen molar-refractivity contribution in [2.45, 2.75) is 128 Å². The first-order valence-electron chi connectivity index (χ1n) is 19.3. The number of carbonyl (C=O) groups excluding carboxylic acids is 4. The van der Waals surface area contributed by atoms with E-state index in [1.807, 2.05) is 49.1 Å². The molecule has 3 heterocycles. The van der Waals surface area contributed by atoms with Crippen molar-refractivity contribution >= 4 is 23.7 Å². The van der Waals surface area contributed by atoms with Gasteiger partial charge in [-0.25, -0.2) is 0 Å². The summed E-state index contributed by atoms with van der Waals surface area (Å²) in [4.78, 5) is 60.8. The van der Waals surface area contributed by atoms with Crippen LogP contribution < -0.4 is 5.32 Å². The number of likely N-dealkylation sites (tertiary alicyclic amines) is 1. The zero-order chi connectivity index (χ0) is 39.0. The van der Waals surface area contributed by atoms with Gasteiger partial charge >= 0.3 is 5.97 Å². The molecule has 3 aliphatic rings. The van der Waals surface area contributed by atoms with Gasteiger partial charge in [0.25, 0.3) is 0 Å². The number of methoxy groups -OCH3 is 1. The Morgan fingerprint density at radius 1 is 1.09 bits per heavy atom. The number of carbonyl (C=O) groups is 4. The Kier molecular flexibility index (Phi) is 14.5. The molecule has 3 amide bonds. The fraction of sp³-hybridized carbons (Fsp3) is 0.667. The van der Waals surface area contributed by atoms with Crippen LogP contribution in [0.5, 0.6) is 0 Å². The lowest BCUT2D eigenvalue weighted by atomic mass is 9.70. The third-order valence-electron chi connectivity index (χ3n) is 10.9. The smallest absolute Gasteiger partial charge is 0.313 e. The monoisotopic (exact) mass is 737 g/mol. The van der Waals surface area contributed by atoms with Crippen LogP contribution in [0.15, 0.2) is 55.6 Å². The molecule has 2 bridgehead atoms. The predicted molar refractivity (Wildman–Crippen MR) is 203 cm³/mol. The highest BCUT2D eigenvalue weighted by Gasteiger charge is 2.75. The van der Waals surface area contributed by atoms with Gasteiger partial charge in [-0.15, -0.1) is 13.2 Å². The molecule has 53 heavy (non-hydrogen) atoms. The minimum absolute atomic E-state index is 0.0771. The zero-order valence-corrected chi connectivity index (χ0v) is 32.8. The highest BCUT2D eigenvalue weighted by molar-refractivity contribution is 5.98. The Labute approximate surface area is 316 Å². The minimum Gasteiger partial charge on any atom is -0.455 e. The van der Waals surface area contributed by atoms with E-state index in [0.717, 1.165) is 12.8 Å². The second-order valence-electron chi connectivity index (χ2n) is 16.7. The number of fused-ring (bicyclic) bond motifs is 1. The van der Waals surface area contributed by atoms with Crippen molar-refractivity contribution in [1.82, 2.24) is 15.1 Å². The molecular weight excluding hydrogens is 674 g/mol. The molecule has 11 heteroatoms. The number of unbranched alkanes of at least 4 members (excludes halogenated alkanes) is 3. The van der Waals surface area contributed by atoms with Crippen molar-refractivity contribution in [3.8, 4) is 0 Å². The van der Waals surface area contributed by atoms with Crippen molar-refractivity contribution in [3.63, 3.8) is 0 Å². The number of nitrogens with zero attached hydrogens (tertiary/aromatic N) is 2. The van der Waals surface area contributed by atoms with Crippen LogP contribution in [0.25, 0.3) is 0 Å². The first-order valence-corrected chi connectivity index (χ1v) is 19.3. The van der Waals surface area contributed by atoms with E-state index >= 15 is 4.79 Å². The number of esters is 1. The van der Waals surface area contributed by atoms with E-state index in [2.05, 4.69) is 39.2 Å². The lowest BCUT2D eigenvalue weighted by Crippen LogP contribution is -2.61. The number of hydrogen-bond acceptors (Lipinski definition) is 8. The average molecular weight is 738 g/mol. The molecule has 1 aromatic rings. The second-order valence-corrected chi connectivity index (χ2v) is 16.7. The number of ether oxygens (including phenoxy) is 3. The van der Waals surface area contributed by atoms with Crippen LogP contribution in [-0.2, 0) is 33.4 Å². The number of aliphatic hydroxyl groups excluding tert-OH is 1. The maximum absolute atomic E-state index is 15.1. The molecule has 4 rings (SSSR count). The summed E-state index contributed by atoms with van der Waals surface area (Å²) in [7, 11) is 1.52. The fourth-order valence-electron chi connectivity index (χ4n) is 9.12. The molecule has 2 N–H and O–H groups in total. The Morgan fingerprint density at radius 3 is 2.42 bits per heavy atom. The quantitative estimate of drug-likeness (QED) is 0.0957. The van der Waals surface area contributed by atoms with Gasteiger partial charge in [0.15, 0.2) is 0 Å². The molecule has 0 radical (unpaired) electrons. The lowest BCUT2D eigenvalue weighted by Gasteiger charge is -2.45. The Bertz CT molecular complexity index is 1440. The standard InChI is InChI=1S/C42H63N3O8/c1-9-11-21-32(47)43-30(27-51-8)35(29-19-15-14-16-20-29)52-39(50)33-31-22-23-42(53-31)34(33)37(48)44(25-17-12-13-18-26-46)36(42)38(49)45(24-10-2)41(6,7)28-40(3,4)5/h9-10,14-16,19-20,30-31,33-36,46H,1-2,11-13,17-18,21-28H2,3-8H3,(H,43,47)/t30-,31-,33+,34+,35-,36-,42+/m0/s1. The first kappa shape index (κ1) is 42.2. The molecule has 3 fully saturated rings. The maximum atomic E-state index is 15.1. The van der Waals surface area contributed by atoms with Gasteiger partial charge in [0.2, 0.25) is 17.7 Å². The van der Waals surface area contributed by atoms with Crippen LogP contribution in [-0.4, -0.2) is 101 Å². The summed E-state index contributed by atoms with van der Waals surface area (Å²) >= 11 is 0. The van der Waals surface area contributed by atoms with Gasteiger partial charge in [-0.05, 0) is 63.4 Å². The van der Waals surface area contributed by atoms with Crippen LogP contribution in [0.1, 0.15) is 104 Å². The van der Waals surface area contributed by atoms with Crippen molar-refractivity contribution in [2.24, 2.45) is 17.3 Å². The average Bonchev–Trinajstić information content (AvgIpc) is 3.74. The van der Waals surface area contributed by atoms with E-state index in [9.17, 15) is 19.5 Å². The second kappa shape index (κ2) is 18.2. The number of nitrogens with one attached hydrogen (secondary N) is 1. The summed E-state index contributed by atoms with van der Waals surface area (Å²) in [5.41, 5.74) is -1.18. The maximum Gasteiger partial charge on any atom is 0.313 e. The summed E-state index contributed by atoms with van der Waals surface area (Å²) in [6, 6.07) is 7.55. The number of aliphatic hydroxyl groups is 1. The summed E-state index contributed by atoms with van der Waals surface area (Å²) in [6.45, 7) is 19.0. The van der Waals surface area contributed by atoms with E-state index in [1.165, 1.54) is 7.11 Å². The lowest BCUT2D eigenvalue weighted by molar-refractivity contribution is -0.163. The molecule has 11 nitrogen and oxygen atoms in total. The van der Waals surface area contributed by atoms with Crippen molar-refractivity contribution in [3.05, 3.63) is 61.2 Å². The molecule has 0 aliphatic carbocycles. The summed E-state index contributed by atoms with van der Waals surface area (Å²) in [5, 5.41) is 12.3. The highest BCUT2D eigenvalue weighted by Crippen LogP contribution is 2.59. The molecule has 1 spiro atoms. The van der Waals surface area contributed by atoms with E-state index in [1.54, 1.807) is 17.1 Å². The largest absolute Gasteiger partial charge is 0.455 e. The zero-order valence-electron chi connectivity index (χ0n) is 32.8. The topological polar surface area (TPSA) is 135 Å². The van der Waals surface area contributed by atoms with Crippen LogP contribution in [0, 0.1) is 17.3 Å². The third kappa shape index (κ3) is 9.59. The molecule has 1 aromatic carbocycles. The van der Waals surface area contributed by atoms with Gasteiger partial charge in [0.1, 0.15) is 17.7 Å². The first-order chi connectivity index (χ1) is 25.2. The van der Waals surface area contributed by atoms with Gasteiger partial charge < -0.3 is 34.4 Å². The van der Waals surface area contributed by atoms with Gasteiger partial charge in [-0.2, -0.15) is 0 Å². The number of amides is 3. The van der Waals surface area contributed by atoms with E-state index in [4.69, 9.17) is 14.2 Å². The van der Waals surface area contributed by atoms with Crippen molar-refractivity contribution < 1.29 is 38.5 Å². The van der Waals surface area contributed by atoms with Crippen molar-refractivity contribution in [1.29, 1.82) is 0 Å². The fourth-order valence-corrected chi connectivity index (χ4v) is 9.12. The van der Waals surface area contributed by atoms with Gasteiger partial charge in [-0.3, -0.25) is 19.2 Å². The van der Waals surface area contributed by atoms with Crippen molar-refractivity contribution in [2.75, 3.05) is 33.4 Å². The third-order valence-corrected chi connectivity index (χ3v) is 10.9. The highest BCUT2D eigenvalue weighted by atomic mass is 16.6. The van der Waals surface area contributed by atoms with Crippen LogP contribution in [0.2, 0.25) is 0 Å². The summed E-state index contributed by atoms with van der Waals surface area (Å²) in [6.07, 6.45) is 7.14. The van der Waals surface area contributed by atoms with Crippen LogP contribution in [0.4, 0.5) is 0 Å². The molecule has 0 aromatic heterocycles. The van der Waals surface area contributed by atoms with E-state index < -0.39 is 53.2 Å². The number of rotatable bonds is 21. The van der Waals surface area contributed by atoms with E-state index in [-0.39, 0.29) is 42.8 Å². The Morgan fingerprint density at radius 2 is 1.79 bits per heavy atom. The Hall–Kier alpha value is -3.54. The number of benzene rings is 1. The molecule has 3 saturated heterocycles. The molecule has 3 aliphatic heterocycles. The number of allylic oxidation sites excluding steroid dienone is 1. The summed E-state index contributed by atoms with van der Waals surface area (Å²) < 4.78 is 18.6. The molecule has 7 atom stereocenters. The van der Waals surface area contributed by atoms with Gasteiger partial charge in [0.05, 0.1) is 30.6 Å². The molecule has 294 valence electrons. The predicted octanol–water partition coefficient (Wildman–Crippen LogP) is 5.53. The van der Waals surface area contributed by atoms with Gasteiger partial charge in [0, 0.05) is 38.8 Å².